The molecule has 0 aliphatic rings. The zero-order valence-corrected chi connectivity index (χ0v) is 7.60. The van der Waals surface area contributed by atoms with E-state index in [1.165, 1.54) is 6.07 Å². The van der Waals surface area contributed by atoms with Gasteiger partial charge in [0, 0.05) is 16.5 Å². The van der Waals surface area contributed by atoms with Crippen LogP contribution in [0.5, 0.6) is 0 Å². The van der Waals surface area contributed by atoms with Gasteiger partial charge in [0.2, 0.25) is 0 Å². The molecule has 0 aliphatic carbocycles. The molecule has 0 N–H and O–H groups in total. The lowest BCUT2D eigenvalue weighted by atomic mass is 10.2. The van der Waals surface area contributed by atoms with Crippen molar-refractivity contribution in [3.8, 4) is 0 Å². The zero-order valence-electron chi connectivity index (χ0n) is 6.85. The van der Waals surface area contributed by atoms with Crippen LogP contribution in [-0.4, -0.2) is 15.1 Å². The van der Waals surface area contributed by atoms with Gasteiger partial charge in [-0.3, -0.25) is 0 Å². The first-order valence-electron chi connectivity index (χ1n) is 3.74. The van der Waals surface area contributed by atoms with Gasteiger partial charge in [0.1, 0.15) is 5.52 Å². The number of hydrogen-bond donors (Lipinski definition) is 0. The summed E-state index contributed by atoms with van der Waals surface area (Å²) in [5, 5.41) is 18.7. The van der Waals surface area contributed by atoms with Crippen molar-refractivity contribution in [3.63, 3.8) is 0 Å². The molecule has 2 aromatic rings. The second kappa shape index (κ2) is 3.19. The largest absolute Gasteiger partial charge is 0.391 e. The highest BCUT2D eigenvalue weighted by molar-refractivity contribution is 6.31. The Labute approximate surface area is 83.5 Å². The molecule has 0 saturated heterocycles. The summed E-state index contributed by atoms with van der Waals surface area (Å²) in [6, 6.07) is 6.27. The van der Waals surface area contributed by atoms with Crippen LogP contribution in [0, 0.1) is 10.1 Å². The summed E-state index contributed by atoms with van der Waals surface area (Å²) in [6.07, 6.45) is 0. The normalized spacial score (nSPS) is 10.4. The van der Waals surface area contributed by atoms with E-state index in [4.69, 9.17) is 11.6 Å². The molecule has 1 aromatic heterocycles. The highest BCUT2D eigenvalue weighted by Gasteiger charge is 2.09. The lowest BCUT2D eigenvalue weighted by Gasteiger charge is -1.94. The maximum atomic E-state index is 10.4. The van der Waals surface area contributed by atoms with Crippen molar-refractivity contribution in [1.29, 1.82) is 0 Å². The Kier molecular flexibility index (Phi) is 2.01. The van der Waals surface area contributed by atoms with Gasteiger partial charge in [0.25, 0.3) is 0 Å². The van der Waals surface area contributed by atoms with Gasteiger partial charge in [-0.1, -0.05) is 11.6 Å². The van der Waals surface area contributed by atoms with Crippen LogP contribution < -0.4 is 0 Å². The average Bonchev–Trinajstić information content (AvgIpc) is 2.16. The molecule has 1 aromatic carbocycles. The fraction of sp³-hybridized carbons (Fsp3) is 0. The van der Waals surface area contributed by atoms with Gasteiger partial charge in [0.15, 0.2) is 0 Å². The maximum Gasteiger partial charge on any atom is 0.391 e. The van der Waals surface area contributed by atoms with Crippen molar-refractivity contribution >= 4 is 28.3 Å². The lowest BCUT2D eigenvalue weighted by Crippen LogP contribution is -1.94. The Hall–Kier alpha value is -1.75. The summed E-state index contributed by atoms with van der Waals surface area (Å²) in [5.74, 6) is -0.278. The van der Waals surface area contributed by atoms with Gasteiger partial charge in [-0.05, 0) is 28.2 Å². The number of nitrogens with zero attached hydrogens (tertiary/aromatic N) is 3. The molecule has 0 amide bonds. The fourth-order valence-electron chi connectivity index (χ4n) is 1.09. The smallest absolute Gasteiger partial charge is 0.358 e. The summed E-state index contributed by atoms with van der Waals surface area (Å²) in [5.41, 5.74) is 0.583. The van der Waals surface area contributed by atoms with E-state index in [0.29, 0.717) is 15.9 Å². The summed E-state index contributed by atoms with van der Waals surface area (Å²) in [7, 11) is 0. The van der Waals surface area contributed by atoms with E-state index in [-0.39, 0.29) is 5.82 Å². The zero-order chi connectivity index (χ0) is 10.1. The Morgan fingerprint density at radius 1 is 1.29 bits per heavy atom. The Bertz CT molecular complexity index is 515. The van der Waals surface area contributed by atoms with Crippen molar-refractivity contribution in [2.45, 2.75) is 0 Å². The van der Waals surface area contributed by atoms with Gasteiger partial charge >= 0.3 is 5.82 Å². The number of halogens is 1. The van der Waals surface area contributed by atoms with E-state index < -0.39 is 4.92 Å². The molecule has 0 atom stereocenters. The van der Waals surface area contributed by atoms with E-state index in [0.717, 1.165) is 0 Å². The molecule has 0 aliphatic heterocycles. The number of fused-ring (bicyclic) bond motifs is 1. The molecule has 5 nitrogen and oxygen atoms in total. The molecule has 0 radical (unpaired) electrons. The predicted octanol–water partition coefficient (Wildman–Crippen LogP) is 2.19. The quantitative estimate of drug-likeness (QED) is 0.533. The van der Waals surface area contributed by atoms with E-state index in [2.05, 4.69) is 10.2 Å². The molecule has 1 heterocycles. The SMILES string of the molecule is O=[N+]([O-])c1cc2cc(Cl)ccc2nn1. The third-order valence-electron chi connectivity index (χ3n) is 1.72. The number of benzene rings is 1. The number of rotatable bonds is 1. The number of nitro groups is 1. The summed E-state index contributed by atoms with van der Waals surface area (Å²) in [4.78, 5) is 9.81. The van der Waals surface area contributed by atoms with Crippen molar-refractivity contribution in [3.05, 3.63) is 39.4 Å². The van der Waals surface area contributed by atoms with Crippen LogP contribution in [0.25, 0.3) is 10.9 Å². The average molecular weight is 210 g/mol. The first kappa shape index (κ1) is 8.83. The predicted molar refractivity (Wildman–Crippen MR) is 51.2 cm³/mol. The van der Waals surface area contributed by atoms with Gasteiger partial charge in [-0.25, -0.2) is 0 Å². The molecule has 0 spiro atoms. The van der Waals surface area contributed by atoms with Gasteiger partial charge in [0.05, 0.1) is 5.10 Å². The first-order valence-corrected chi connectivity index (χ1v) is 4.12. The van der Waals surface area contributed by atoms with Crippen molar-refractivity contribution in [1.82, 2.24) is 10.2 Å². The highest BCUT2D eigenvalue weighted by Crippen LogP contribution is 2.19. The standard InChI is InChI=1S/C8H4ClN3O2/c9-6-1-2-7-5(3-6)4-8(11-10-7)12(13)14/h1-4H. The molecule has 0 saturated carbocycles. The van der Waals surface area contributed by atoms with Crippen molar-refractivity contribution in [2.75, 3.05) is 0 Å². The monoisotopic (exact) mass is 209 g/mol. The minimum absolute atomic E-state index is 0.278. The van der Waals surface area contributed by atoms with E-state index in [1.807, 2.05) is 0 Å². The van der Waals surface area contributed by atoms with Crippen LogP contribution in [0.15, 0.2) is 24.3 Å². The molecule has 0 bridgehead atoms. The molecule has 0 fully saturated rings. The Morgan fingerprint density at radius 2 is 2.07 bits per heavy atom. The Morgan fingerprint density at radius 3 is 2.79 bits per heavy atom. The molecule has 0 unspecified atom stereocenters. The minimum Gasteiger partial charge on any atom is -0.358 e. The van der Waals surface area contributed by atoms with Crippen LogP contribution in [0.1, 0.15) is 0 Å². The topological polar surface area (TPSA) is 68.9 Å². The molecule has 6 heteroatoms. The van der Waals surface area contributed by atoms with Gasteiger partial charge in [-0.15, -0.1) is 0 Å². The molecular formula is C8H4ClN3O2. The van der Waals surface area contributed by atoms with Crippen LogP contribution >= 0.6 is 11.6 Å². The van der Waals surface area contributed by atoms with Crippen LogP contribution in [0.2, 0.25) is 5.02 Å². The van der Waals surface area contributed by atoms with Crippen LogP contribution in [-0.2, 0) is 0 Å². The number of aromatic nitrogens is 2. The Balaban J connectivity index is 2.69. The van der Waals surface area contributed by atoms with Crippen molar-refractivity contribution < 1.29 is 4.92 Å². The van der Waals surface area contributed by atoms with E-state index in [1.54, 1.807) is 18.2 Å². The summed E-state index contributed by atoms with van der Waals surface area (Å²) >= 11 is 5.73. The third kappa shape index (κ3) is 1.49. The van der Waals surface area contributed by atoms with Gasteiger partial charge < -0.3 is 10.1 Å². The third-order valence-corrected chi connectivity index (χ3v) is 1.96. The minimum atomic E-state index is -0.590. The first-order chi connectivity index (χ1) is 6.66. The fourth-order valence-corrected chi connectivity index (χ4v) is 1.27. The summed E-state index contributed by atoms with van der Waals surface area (Å²) < 4.78 is 0. The second-order valence-corrected chi connectivity index (χ2v) is 3.10. The van der Waals surface area contributed by atoms with E-state index >= 15 is 0 Å². The highest BCUT2D eigenvalue weighted by atomic mass is 35.5. The lowest BCUT2D eigenvalue weighted by molar-refractivity contribution is -0.390. The molecular weight excluding hydrogens is 206 g/mol. The van der Waals surface area contributed by atoms with Crippen LogP contribution in [0.3, 0.4) is 0 Å². The molecule has 2 rings (SSSR count). The van der Waals surface area contributed by atoms with Gasteiger partial charge in [-0.2, -0.15) is 0 Å². The van der Waals surface area contributed by atoms with Crippen LogP contribution in [0.4, 0.5) is 5.82 Å². The van der Waals surface area contributed by atoms with Crippen molar-refractivity contribution in [2.24, 2.45) is 0 Å². The second-order valence-electron chi connectivity index (χ2n) is 2.66. The number of hydrogen-bond acceptors (Lipinski definition) is 4. The molecule has 14 heavy (non-hydrogen) atoms. The summed E-state index contributed by atoms with van der Waals surface area (Å²) in [6.45, 7) is 0. The molecule has 70 valence electrons. The maximum absolute atomic E-state index is 10.4. The van der Waals surface area contributed by atoms with E-state index in [9.17, 15) is 10.1 Å².